The van der Waals surface area contributed by atoms with Crippen LogP contribution in [0.3, 0.4) is 0 Å². The van der Waals surface area contributed by atoms with Gasteiger partial charge < -0.3 is 25.3 Å². The van der Waals surface area contributed by atoms with Crippen molar-refractivity contribution < 1.29 is 29.0 Å². The highest BCUT2D eigenvalue weighted by molar-refractivity contribution is 5.91. The fourth-order valence-corrected chi connectivity index (χ4v) is 1.34. The van der Waals surface area contributed by atoms with E-state index in [0.29, 0.717) is 0 Å². The standard InChI is InChI=1S/C12H16N2O6/c15-8(12(18)19)3-5-13-10(16)4-6-14-11(17)9-2-1-7-20-9/h1-2,7-8,15H,3-6H2,(H,13,16)(H,14,17)(H,18,19)/t8-/m0/s1. The number of carbonyl (C=O) groups excluding carboxylic acids is 2. The van der Waals surface area contributed by atoms with Gasteiger partial charge in [0.1, 0.15) is 0 Å². The number of aliphatic hydroxyl groups excluding tert-OH is 1. The molecule has 20 heavy (non-hydrogen) atoms. The summed E-state index contributed by atoms with van der Waals surface area (Å²) in [4.78, 5) is 33.1. The minimum atomic E-state index is -1.49. The van der Waals surface area contributed by atoms with Gasteiger partial charge in [-0.05, 0) is 12.1 Å². The SMILES string of the molecule is O=C(CCNC(=O)c1ccco1)NCC[C@H](O)C(=O)O. The maximum Gasteiger partial charge on any atom is 0.332 e. The number of aliphatic carboxylic acids is 1. The molecule has 8 heteroatoms. The summed E-state index contributed by atoms with van der Waals surface area (Å²) in [6.45, 7) is 0.186. The Labute approximate surface area is 114 Å². The Hall–Kier alpha value is -2.35. The maximum absolute atomic E-state index is 11.4. The van der Waals surface area contributed by atoms with E-state index in [1.54, 1.807) is 6.07 Å². The van der Waals surface area contributed by atoms with E-state index < -0.39 is 18.0 Å². The predicted octanol–water partition coefficient (Wildman–Crippen LogP) is -0.649. The molecule has 1 heterocycles. The lowest BCUT2D eigenvalue weighted by Gasteiger charge is -2.07. The summed E-state index contributed by atoms with van der Waals surface area (Å²) in [7, 11) is 0. The van der Waals surface area contributed by atoms with Crippen molar-refractivity contribution in [3.8, 4) is 0 Å². The molecule has 0 bridgehead atoms. The summed E-state index contributed by atoms with van der Waals surface area (Å²) in [6.07, 6.45) is -0.140. The lowest BCUT2D eigenvalue weighted by molar-refractivity contribution is -0.147. The average Bonchev–Trinajstić information content (AvgIpc) is 2.92. The van der Waals surface area contributed by atoms with Crippen LogP contribution in [0.4, 0.5) is 0 Å². The van der Waals surface area contributed by atoms with Crippen molar-refractivity contribution in [2.45, 2.75) is 18.9 Å². The Morgan fingerprint density at radius 3 is 2.60 bits per heavy atom. The molecule has 4 N–H and O–H groups in total. The lowest BCUT2D eigenvalue weighted by Crippen LogP contribution is -2.33. The molecule has 0 saturated carbocycles. The molecule has 0 aliphatic rings. The molecule has 0 fully saturated rings. The molecule has 0 aliphatic carbocycles. The molecule has 1 aromatic rings. The minimum absolute atomic E-state index is 0.0512. The molecule has 1 aromatic heterocycles. The molecule has 0 aromatic carbocycles. The molecule has 2 amide bonds. The van der Waals surface area contributed by atoms with Crippen LogP contribution in [0.2, 0.25) is 0 Å². The van der Waals surface area contributed by atoms with Crippen LogP contribution in [0, 0.1) is 0 Å². The van der Waals surface area contributed by atoms with Gasteiger partial charge in [0, 0.05) is 25.9 Å². The van der Waals surface area contributed by atoms with Crippen LogP contribution in [-0.4, -0.2) is 47.2 Å². The van der Waals surface area contributed by atoms with Gasteiger partial charge in [0.2, 0.25) is 5.91 Å². The van der Waals surface area contributed by atoms with E-state index in [0.717, 1.165) is 0 Å². The third-order valence-electron chi connectivity index (χ3n) is 2.41. The van der Waals surface area contributed by atoms with Crippen LogP contribution in [-0.2, 0) is 9.59 Å². The molecule has 110 valence electrons. The zero-order valence-electron chi connectivity index (χ0n) is 10.7. The number of nitrogens with one attached hydrogen (secondary N) is 2. The molecule has 1 rings (SSSR count). The molecule has 0 unspecified atom stereocenters. The number of hydrogen-bond acceptors (Lipinski definition) is 5. The third-order valence-corrected chi connectivity index (χ3v) is 2.41. The van der Waals surface area contributed by atoms with Crippen molar-refractivity contribution in [1.82, 2.24) is 10.6 Å². The Kier molecular flexibility index (Phi) is 6.24. The van der Waals surface area contributed by atoms with Crippen molar-refractivity contribution in [1.29, 1.82) is 0 Å². The first-order valence-electron chi connectivity index (χ1n) is 6.00. The van der Waals surface area contributed by atoms with Gasteiger partial charge in [-0.1, -0.05) is 0 Å². The van der Waals surface area contributed by atoms with Crippen molar-refractivity contribution in [3.05, 3.63) is 24.2 Å². The van der Waals surface area contributed by atoms with E-state index in [-0.39, 0.29) is 37.6 Å². The summed E-state index contributed by atoms with van der Waals surface area (Å²) in [6, 6.07) is 3.08. The van der Waals surface area contributed by atoms with E-state index in [1.165, 1.54) is 12.3 Å². The van der Waals surface area contributed by atoms with E-state index in [4.69, 9.17) is 14.6 Å². The first-order chi connectivity index (χ1) is 9.50. The molecular weight excluding hydrogens is 268 g/mol. The molecule has 8 nitrogen and oxygen atoms in total. The quantitative estimate of drug-likeness (QED) is 0.502. The van der Waals surface area contributed by atoms with Gasteiger partial charge in [-0.2, -0.15) is 0 Å². The summed E-state index contributed by atoms with van der Waals surface area (Å²) < 4.78 is 4.87. The number of amides is 2. The highest BCUT2D eigenvalue weighted by Gasteiger charge is 2.13. The number of hydrogen-bond donors (Lipinski definition) is 4. The van der Waals surface area contributed by atoms with Crippen molar-refractivity contribution in [2.24, 2.45) is 0 Å². The van der Waals surface area contributed by atoms with Gasteiger partial charge in [0.25, 0.3) is 5.91 Å². The summed E-state index contributed by atoms with van der Waals surface area (Å²) in [5, 5.41) is 22.3. The van der Waals surface area contributed by atoms with Crippen LogP contribution < -0.4 is 10.6 Å². The molecule has 0 spiro atoms. The number of rotatable bonds is 8. The normalized spacial score (nSPS) is 11.7. The van der Waals surface area contributed by atoms with Gasteiger partial charge in [-0.15, -0.1) is 0 Å². The van der Waals surface area contributed by atoms with Crippen LogP contribution in [0.5, 0.6) is 0 Å². The first-order valence-corrected chi connectivity index (χ1v) is 6.00. The summed E-state index contributed by atoms with van der Waals surface area (Å²) in [5.41, 5.74) is 0. The number of furan rings is 1. The lowest BCUT2D eigenvalue weighted by atomic mass is 10.2. The van der Waals surface area contributed by atoms with Gasteiger partial charge in [-0.25, -0.2) is 4.79 Å². The number of carbonyl (C=O) groups is 3. The van der Waals surface area contributed by atoms with Crippen LogP contribution in [0.25, 0.3) is 0 Å². The zero-order chi connectivity index (χ0) is 15.0. The van der Waals surface area contributed by atoms with E-state index in [9.17, 15) is 14.4 Å². The molecule has 0 saturated heterocycles. The minimum Gasteiger partial charge on any atom is -0.479 e. The Morgan fingerprint density at radius 2 is 2.00 bits per heavy atom. The Morgan fingerprint density at radius 1 is 1.25 bits per heavy atom. The largest absolute Gasteiger partial charge is 0.479 e. The monoisotopic (exact) mass is 284 g/mol. The van der Waals surface area contributed by atoms with Crippen molar-refractivity contribution in [2.75, 3.05) is 13.1 Å². The van der Waals surface area contributed by atoms with E-state index in [2.05, 4.69) is 10.6 Å². The molecule has 1 atom stereocenters. The average molecular weight is 284 g/mol. The summed E-state index contributed by atoms with van der Waals surface area (Å²) >= 11 is 0. The number of aliphatic hydroxyl groups is 1. The molecule has 0 radical (unpaired) electrons. The smallest absolute Gasteiger partial charge is 0.332 e. The van der Waals surface area contributed by atoms with Crippen molar-refractivity contribution in [3.63, 3.8) is 0 Å². The third kappa shape index (κ3) is 5.53. The van der Waals surface area contributed by atoms with Gasteiger partial charge in [-0.3, -0.25) is 9.59 Å². The van der Waals surface area contributed by atoms with Crippen LogP contribution in [0.15, 0.2) is 22.8 Å². The highest BCUT2D eigenvalue weighted by atomic mass is 16.4. The van der Waals surface area contributed by atoms with E-state index >= 15 is 0 Å². The van der Waals surface area contributed by atoms with E-state index in [1.807, 2.05) is 0 Å². The van der Waals surface area contributed by atoms with Gasteiger partial charge in [0.15, 0.2) is 11.9 Å². The first kappa shape index (κ1) is 15.7. The Bertz CT molecular complexity index is 457. The fraction of sp³-hybridized carbons (Fsp3) is 0.417. The zero-order valence-corrected chi connectivity index (χ0v) is 10.7. The molecule has 0 aliphatic heterocycles. The number of carboxylic acids is 1. The van der Waals surface area contributed by atoms with Crippen molar-refractivity contribution >= 4 is 17.8 Å². The molecular formula is C12H16N2O6. The fourth-order valence-electron chi connectivity index (χ4n) is 1.34. The van der Waals surface area contributed by atoms with Gasteiger partial charge >= 0.3 is 5.97 Å². The maximum atomic E-state index is 11.4. The Balaban J connectivity index is 2.11. The second-order valence-electron chi connectivity index (χ2n) is 3.98. The predicted molar refractivity (Wildman–Crippen MR) is 66.9 cm³/mol. The van der Waals surface area contributed by atoms with Gasteiger partial charge in [0.05, 0.1) is 6.26 Å². The number of carboxylic acid groups (broad SMARTS) is 1. The highest BCUT2D eigenvalue weighted by Crippen LogP contribution is 1.98. The van der Waals surface area contributed by atoms with Crippen LogP contribution in [0.1, 0.15) is 23.4 Å². The summed E-state index contributed by atoms with van der Waals surface area (Å²) in [5.74, 6) is -1.92. The van der Waals surface area contributed by atoms with Crippen LogP contribution >= 0.6 is 0 Å². The second-order valence-corrected chi connectivity index (χ2v) is 3.98. The second kappa shape index (κ2) is 7.95. The topological polar surface area (TPSA) is 129 Å².